The van der Waals surface area contributed by atoms with Crippen molar-refractivity contribution in [3.8, 4) is 0 Å². The fraction of sp³-hybridized carbons (Fsp3) is 0.467. The maximum atomic E-state index is 13.4. The van der Waals surface area contributed by atoms with Crippen molar-refractivity contribution in [2.75, 3.05) is 13.1 Å². The number of aromatic nitrogens is 4. The van der Waals surface area contributed by atoms with E-state index in [1.54, 1.807) is 24.0 Å². The van der Waals surface area contributed by atoms with Crippen molar-refractivity contribution in [3.63, 3.8) is 0 Å². The molecule has 7 nitrogen and oxygen atoms in total. The Bertz CT molecular complexity index is 705. The monoisotopic (exact) mass is 319 g/mol. The Hall–Kier alpha value is -2.35. The first-order valence-electron chi connectivity index (χ1n) is 7.50. The zero-order valence-corrected chi connectivity index (χ0v) is 12.8. The van der Waals surface area contributed by atoms with Gasteiger partial charge in [-0.1, -0.05) is 12.1 Å². The summed E-state index contributed by atoms with van der Waals surface area (Å²) in [6, 6.07) is 5.48. The summed E-state index contributed by atoms with van der Waals surface area (Å²) in [5.41, 5.74) is 0.693. The summed E-state index contributed by atoms with van der Waals surface area (Å²) in [5, 5.41) is 21.0. The number of hydrogen-bond donors (Lipinski definition) is 1. The average molecular weight is 319 g/mol. The molecule has 3 rings (SSSR count). The van der Waals surface area contributed by atoms with Crippen LogP contribution >= 0.6 is 0 Å². The van der Waals surface area contributed by atoms with Crippen LogP contribution in [0.25, 0.3) is 0 Å². The number of aryl methyl sites for hydroxylation is 1. The molecule has 2 aromatic rings. The van der Waals surface area contributed by atoms with Gasteiger partial charge in [0.1, 0.15) is 17.7 Å². The summed E-state index contributed by atoms with van der Waals surface area (Å²) in [6.45, 7) is 2.52. The molecule has 1 aliphatic rings. The van der Waals surface area contributed by atoms with Crippen LogP contribution in [0.15, 0.2) is 24.3 Å². The number of nitrogens with zero attached hydrogens (tertiary/aromatic N) is 5. The van der Waals surface area contributed by atoms with E-state index in [4.69, 9.17) is 0 Å². The van der Waals surface area contributed by atoms with Gasteiger partial charge in [0.25, 0.3) is 0 Å². The van der Waals surface area contributed by atoms with Crippen LogP contribution in [-0.4, -0.2) is 55.3 Å². The topological polar surface area (TPSA) is 84.1 Å². The Morgan fingerprint density at radius 2 is 2.35 bits per heavy atom. The Balaban J connectivity index is 1.88. The van der Waals surface area contributed by atoms with Gasteiger partial charge in [0.05, 0.1) is 6.10 Å². The highest BCUT2D eigenvalue weighted by Crippen LogP contribution is 2.21. The third-order valence-corrected chi connectivity index (χ3v) is 4.03. The number of hydrogen-bond acceptors (Lipinski definition) is 5. The predicted molar refractivity (Wildman–Crippen MR) is 78.9 cm³/mol. The van der Waals surface area contributed by atoms with Crippen molar-refractivity contribution in [1.29, 1.82) is 0 Å². The largest absolute Gasteiger partial charge is 0.391 e. The number of carbonyl (C=O) groups is 1. The van der Waals surface area contributed by atoms with Crippen LogP contribution in [0.3, 0.4) is 0 Å². The molecule has 122 valence electrons. The van der Waals surface area contributed by atoms with E-state index in [1.165, 1.54) is 16.8 Å². The van der Waals surface area contributed by atoms with E-state index < -0.39 is 12.1 Å². The third kappa shape index (κ3) is 3.37. The molecule has 0 spiro atoms. The van der Waals surface area contributed by atoms with Crippen LogP contribution in [0.1, 0.15) is 23.9 Å². The molecular formula is C15H18FN5O2. The maximum Gasteiger partial charge on any atom is 0.248 e. The van der Waals surface area contributed by atoms with E-state index in [0.29, 0.717) is 30.9 Å². The highest BCUT2D eigenvalue weighted by atomic mass is 19.1. The lowest BCUT2D eigenvalue weighted by Crippen LogP contribution is -2.38. The highest BCUT2D eigenvalue weighted by Gasteiger charge is 2.32. The molecule has 1 unspecified atom stereocenters. The Labute approximate surface area is 132 Å². The number of aliphatic hydroxyl groups is 1. The number of aliphatic hydroxyl groups excluding tert-OH is 1. The number of halogens is 1. The number of β-amino-alcohol motifs (C(OH)–C–C–N with tert-alkyl or cyclic N) is 1. The molecule has 2 heterocycles. The summed E-state index contributed by atoms with van der Waals surface area (Å²) in [5.74, 6) is -0.000518. The molecule has 0 bridgehead atoms. The molecule has 2 atom stereocenters. The number of carbonyl (C=O) groups excluding carboxylic acids is 1. The van der Waals surface area contributed by atoms with Gasteiger partial charge in [-0.2, -0.15) is 0 Å². The van der Waals surface area contributed by atoms with Crippen LogP contribution < -0.4 is 0 Å². The molecule has 1 amide bonds. The van der Waals surface area contributed by atoms with Crippen LogP contribution in [0.4, 0.5) is 4.39 Å². The van der Waals surface area contributed by atoms with Gasteiger partial charge in [0.15, 0.2) is 0 Å². The zero-order chi connectivity index (χ0) is 16.4. The van der Waals surface area contributed by atoms with Gasteiger partial charge in [-0.3, -0.25) is 4.79 Å². The quantitative estimate of drug-likeness (QED) is 0.887. The van der Waals surface area contributed by atoms with Crippen molar-refractivity contribution in [2.24, 2.45) is 0 Å². The Kier molecular flexibility index (Phi) is 4.33. The summed E-state index contributed by atoms with van der Waals surface area (Å²) in [4.78, 5) is 14.4. The Morgan fingerprint density at radius 3 is 2.96 bits per heavy atom. The molecule has 8 heteroatoms. The molecule has 1 N–H and O–H groups in total. The van der Waals surface area contributed by atoms with Gasteiger partial charge < -0.3 is 10.0 Å². The molecule has 1 saturated heterocycles. The van der Waals surface area contributed by atoms with Gasteiger partial charge in [-0.05, 0) is 41.5 Å². The van der Waals surface area contributed by atoms with Crippen molar-refractivity contribution in [1.82, 2.24) is 25.1 Å². The Morgan fingerprint density at radius 1 is 1.52 bits per heavy atom. The van der Waals surface area contributed by atoms with Crippen LogP contribution in [-0.2, 0) is 11.2 Å². The van der Waals surface area contributed by atoms with Crippen molar-refractivity contribution in [3.05, 3.63) is 41.5 Å². The lowest BCUT2D eigenvalue weighted by molar-refractivity contribution is -0.134. The first kappa shape index (κ1) is 15.5. The SMILES string of the molecule is Cc1nnnn1C(Cc1cccc(F)c1)C(=O)N1CC[C@@H](O)C1. The number of rotatable bonds is 4. The fourth-order valence-corrected chi connectivity index (χ4v) is 2.84. The number of likely N-dealkylation sites (tertiary alicyclic amines) is 1. The third-order valence-electron chi connectivity index (χ3n) is 4.03. The van der Waals surface area contributed by atoms with Gasteiger partial charge in [0.2, 0.25) is 5.91 Å². The summed E-state index contributed by atoms with van der Waals surface area (Å²) < 4.78 is 14.9. The minimum Gasteiger partial charge on any atom is -0.391 e. The average Bonchev–Trinajstić information content (AvgIpc) is 3.13. The lowest BCUT2D eigenvalue weighted by atomic mass is 10.0. The number of tetrazole rings is 1. The van der Waals surface area contributed by atoms with Crippen LogP contribution in [0, 0.1) is 12.7 Å². The molecule has 1 fully saturated rings. The van der Waals surface area contributed by atoms with Crippen molar-refractivity contribution < 1.29 is 14.3 Å². The van der Waals surface area contributed by atoms with Gasteiger partial charge in [-0.15, -0.1) is 5.10 Å². The molecule has 1 aromatic carbocycles. The van der Waals surface area contributed by atoms with E-state index in [-0.39, 0.29) is 18.1 Å². The van der Waals surface area contributed by atoms with Crippen LogP contribution in [0.5, 0.6) is 0 Å². The minimum atomic E-state index is -0.655. The molecule has 0 radical (unpaired) electrons. The normalized spacial score (nSPS) is 19.1. The zero-order valence-electron chi connectivity index (χ0n) is 12.8. The summed E-state index contributed by atoms with van der Waals surface area (Å²) >= 11 is 0. The molecule has 1 aromatic heterocycles. The molecule has 0 aliphatic carbocycles. The maximum absolute atomic E-state index is 13.4. The predicted octanol–water partition coefficient (Wildman–Crippen LogP) is 0.498. The highest BCUT2D eigenvalue weighted by molar-refractivity contribution is 5.81. The number of amides is 1. The van der Waals surface area contributed by atoms with Gasteiger partial charge in [-0.25, -0.2) is 9.07 Å². The van der Waals surface area contributed by atoms with E-state index in [0.717, 1.165) is 0 Å². The summed E-state index contributed by atoms with van der Waals surface area (Å²) in [7, 11) is 0. The van der Waals surface area contributed by atoms with E-state index in [1.807, 2.05) is 0 Å². The van der Waals surface area contributed by atoms with Crippen LogP contribution in [0.2, 0.25) is 0 Å². The summed E-state index contributed by atoms with van der Waals surface area (Å²) in [6.07, 6.45) is 0.353. The smallest absolute Gasteiger partial charge is 0.248 e. The lowest BCUT2D eigenvalue weighted by Gasteiger charge is -2.23. The molecule has 23 heavy (non-hydrogen) atoms. The van der Waals surface area contributed by atoms with Crippen molar-refractivity contribution >= 4 is 5.91 Å². The first-order chi connectivity index (χ1) is 11.0. The van der Waals surface area contributed by atoms with Crippen molar-refractivity contribution in [2.45, 2.75) is 31.9 Å². The van der Waals surface area contributed by atoms with E-state index in [9.17, 15) is 14.3 Å². The standard InChI is InChI=1S/C15H18FN5O2/c1-10-17-18-19-21(10)14(8-11-3-2-4-12(16)7-11)15(23)20-6-5-13(22)9-20/h2-4,7,13-14,22H,5-6,8-9H2,1H3/t13-,14?/m1/s1. The van der Waals surface area contributed by atoms with E-state index in [2.05, 4.69) is 15.5 Å². The molecule has 1 aliphatic heterocycles. The molecular weight excluding hydrogens is 301 g/mol. The van der Waals surface area contributed by atoms with Gasteiger partial charge >= 0.3 is 0 Å². The first-order valence-corrected chi connectivity index (χ1v) is 7.50. The second kappa shape index (κ2) is 6.41. The van der Waals surface area contributed by atoms with Gasteiger partial charge in [0, 0.05) is 19.5 Å². The second-order valence-electron chi connectivity index (χ2n) is 5.75. The fourth-order valence-electron chi connectivity index (χ4n) is 2.84. The number of benzene rings is 1. The second-order valence-corrected chi connectivity index (χ2v) is 5.75. The minimum absolute atomic E-state index is 0.166. The molecule has 0 saturated carbocycles. The van der Waals surface area contributed by atoms with E-state index >= 15 is 0 Å².